The molecule has 4 aliphatic heterocycles. The smallest absolute Gasteiger partial charge is 0.253 e. The van der Waals surface area contributed by atoms with Gasteiger partial charge in [0, 0.05) is 22.3 Å². The first kappa shape index (κ1) is 21.8. The lowest BCUT2D eigenvalue weighted by Crippen LogP contribution is -2.55. The van der Waals surface area contributed by atoms with E-state index in [9.17, 15) is 14.4 Å². The number of halogens is 1. The molecule has 3 aromatic carbocycles. The Kier molecular flexibility index (Phi) is 4.69. The minimum Gasteiger partial charge on any atom is -0.306 e. The van der Waals surface area contributed by atoms with Crippen LogP contribution < -0.4 is 9.80 Å². The van der Waals surface area contributed by atoms with E-state index >= 15 is 0 Å². The summed E-state index contributed by atoms with van der Waals surface area (Å²) in [6.07, 6.45) is 1.68. The number of hydrogen-bond donors (Lipinski definition) is 0. The number of nitrogens with zero attached hydrogens (tertiary/aromatic N) is 3. The molecule has 6 nitrogen and oxygen atoms in total. The van der Waals surface area contributed by atoms with Gasteiger partial charge in [-0.3, -0.25) is 19.3 Å². The molecule has 0 aromatic heterocycles. The van der Waals surface area contributed by atoms with Crippen LogP contribution in [0.5, 0.6) is 0 Å². The van der Waals surface area contributed by atoms with Crippen LogP contribution in [0.3, 0.4) is 0 Å². The minimum absolute atomic E-state index is 0.110. The van der Waals surface area contributed by atoms with Crippen molar-refractivity contribution in [1.29, 1.82) is 0 Å². The van der Waals surface area contributed by atoms with E-state index in [4.69, 9.17) is 11.6 Å². The zero-order chi connectivity index (χ0) is 24.6. The molecular formula is C29H24ClN3O3. The average molecular weight is 498 g/mol. The molecule has 3 fully saturated rings. The third-order valence-corrected chi connectivity index (χ3v) is 8.63. The minimum atomic E-state index is -1.18. The van der Waals surface area contributed by atoms with Gasteiger partial charge < -0.3 is 4.90 Å². The number of carbonyl (C=O) groups excluding carboxylic acids is 3. The molecule has 0 radical (unpaired) electrons. The Bertz CT molecular complexity index is 1430. The monoisotopic (exact) mass is 497 g/mol. The van der Waals surface area contributed by atoms with Crippen molar-refractivity contribution in [3.8, 4) is 0 Å². The average Bonchev–Trinajstić information content (AvgIpc) is 3.59. The number of fused-ring (bicyclic) bond motifs is 7. The maximum absolute atomic E-state index is 14.6. The van der Waals surface area contributed by atoms with Crippen molar-refractivity contribution < 1.29 is 14.4 Å². The first-order valence-electron chi connectivity index (χ1n) is 12.4. The molecule has 3 amide bonds. The van der Waals surface area contributed by atoms with E-state index in [1.165, 1.54) is 4.90 Å². The quantitative estimate of drug-likeness (QED) is 0.504. The Hall–Kier alpha value is -3.48. The second-order valence-electron chi connectivity index (χ2n) is 10.1. The Morgan fingerprint density at radius 3 is 2.47 bits per heavy atom. The fourth-order valence-corrected chi connectivity index (χ4v) is 7.32. The lowest BCUT2D eigenvalue weighted by molar-refractivity contribution is -0.137. The third kappa shape index (κ3) is 2.69. The van der Waals surface area contributed by atoms with Gasteiger partial charge in [0.2, 0.25) is 11.8 Å². The van der Waals surface area contributed by atoms with Gasteiger partial charge in [-0.15, -0.1) is 0 Å². The molecule has 4 aliphatic rings. The van der Waals surface area contributed by atoms with E-state index in [0.29, 0.717) is 23.8 Å². The predicted molar refractivity (Wildman–Crippen MR) is 136 cm³/mol. The molecule has 1 spiro atoms. The fraction of sp³-hybridized carbons (Fsp3) is 0.276. The van der Waals surface area contributed by atoms with Crippen molar-refractivity contribution in [3.05, 3.63) is 95.0 Å². The summed E-state index contributed by atoms with van der Waals surface area (Å²) in [6.45, 7) is 1.10. The summed E-state index contributed by atoms with van der Waals surface area (Å²) in [5.41, 5.74) is 1.95. The van der Waals surface area contributed by atoms with Crippen LogP contribution in [-0.2, 0) is 26.5 Å². The Balaban J connectivity index is 1.40. The molecular weight excluding hydrogens is 474 g/mol. The van der Waals surface area contributed by atoms with E-state index in [1.807, 2.05) is 59.5 Å². The number of carbonyl (C=O) groups is 3. The van der Waals surface area contributed by atoms with Crippen molar-refractivity contribution in [2.75, 3.05) is 16.3 Å². The van der Waals surface area contributed by atoms with Crippen molar-refractivity contribution in [1.82, 2.24) is 4.90 Å². The summed E-state index contributed by atoms with van der Waals surface area (Å²) in [5, 5.41) is 0.457. The van der Waals surface area contributed by atoms with Gasteiger partial charge >= 0.3 is 0 Å². The summed E-state index contributed by atoms with van der Waals surface area (Å²) in [4.78, 5) is 47.9. The molecule has 0 N–H and O–H groups in total. The van der Waals surface area contributed by atoms with E-state index in [-0.39, 0.29) is 23.8 Å². The molecule has 4 heterocycles. The zero-order valence-electron chi connectivity index (χ0n) is 19.5. The van der Waals surface area contributed by atoms with Crippen LogP contribution in [0, 0.1) is 11.8 Å². The largest absolute Gasteiger partial charge is 0.306 e. The Labute approximate surface area is 214 Å². The molecule has 7 rings (SSSR count). The summed E-state index contributed by atoms with van der Waals surface area (Å²) in [7, 11) is 0. The van der Waals surface area contributed by atoms with Crippen LogP contribution in [0.25, 0.3) is 0 Å². The van der Waals surface area contributed by atoms with E-state index in [0.717, 1.165) is 29.7 Å². The van der Waals surface area contributed by atoms with Gasteiger partial charge in [0.15, 0.2) is 0 Å². The van der Waals surface area contributed by atoms with Gasteiger partial charge in [-0.25, -0.2) is 4.90 Å². The van der Waals surface area contributed by atoms with Crippen LogP contribution in [-0.4, -0.2) is 35.2 Å². The molecule has 0 aliphatic carbocycles. The van der Waals surface area contributed by atoms with Gasteiger partial charge in [0.1, 0.15) is 5.54 Å². The van der Waals surface area contributed by atoms with Crippen LogP contribution >= 0.6 is 11.6 Å². The number of para-hydroxylation sites is 1. The molecule has 3 saturated heterocycles. The zero-order valence-corrected chi connectivity index (χ0v) is 20.3. The third-order valence-electron chi connectivity index (χ3n) is 8.39. The first-order valence-corrected chi connectivity index (χ1v) is 12.8. The molecule has 180 valence electrons. The van der Waals surface area contributed by atoms with Crippen LogP contribution in [0.4, 0.5) is 11.4 Å². The molecule has 0 unspecified atom stereocenters. The Morgan fingerprint density at radius 2 is 1.67 bits per heavy atom. The van der Waals surface area contributed by atoms with Crippen LogP contribution in [0.15, 0.2) is 78.9 Å². The SMILES string of the molecule is O=C1[C@@H]2[C@@H]3CCCN3[C@]3(C(=O)N(Cc4ccccc4)c4ccccc43)[C@H]2C(=O)N1c1cccc(Cl)c1. The van der Waals surface area contributed by atoms with Crippen molar-refractivity contribution in [3.63, 3.8) is 0 Å². The highest BCUT2D eigenvalue weighted by Gasteiger charge is 2.75. The number of imide groups is 1. The lowest BCUT2D eigenvalue weighted by Gasteiger charge is -2.37. The van der Waals surface area contributed by atoms with Crippen molar-refractivity contribution in [2.24, 2.45) is 11.8 Å². The number of anilines is 2. The van der Waals surface area contributed by atoms with E-state index < -0.39 is 17.4 Å². The van der Waals surface area contributed by atoms with Crippen LogP contribution in [0.2, 0.25) is 5.02 Å². The first-order chi connectivity index (χ1) is 17.5. The summed E-state index contributed by atoms with van der Waals surface area (Å²) < 4.78 is 0. The van der Waals surface area contributed by atoms with Gasteiger partial charge in [-0.1, -0.05) is 66.2 Å². The second kappa shape index (κ2) is 7.76. The molecule has 0 bridgehead atoms. The van der Waals surface area contributed by atoms with Crippen molar-refractivity contribution >= 4 is 40.7 Å². The lowest BCUT2D eigenvalue weighted by atomic mass is 9.75. The Morgan fingerprint density at radius 1 is 0.889 bits per heavy atom. The predicted octanol–water partition coefficient (Wildman–Crippen LogP) is 4.37. The van der Waals surface area contributed by atoms with Gasteiger partial charge in [-0.2, -0.15) is 0 Å². The number of benzene rings is 3. The number of hydrogen-bond acceptors (Lipinski definition) is 4. The second-order valence-corrected chi connectivity index (χ2v) is 10.5. The molecule has 4 atom stereocenters. The molecule has 0 saturated carbocycles. The highest BCUT2D eigenvalue weighted by molar-refractivity contribution is 6.31. The van der Waals surface area contributed by atoms with Crippen LogP contribution in [0.1, 0.15) is 24.0 Å². The fourth-order valence-electron chi connectivity index (χ4n) is 7.13. The van der Waals surface area contributed by atoms with Crippen molar-refractivity contribution in [2.45, 2.75) is 31.0 Å². The maximum Gasteiger partial charge on any atom is 0.253 e. The topological polar surface area (TPSA) is 60.9 Å². The van der Waals surface area contributed by atoms with Gasteiger partial charge in [0.25, 0.3) is 5.91 Å². The number of amides is 3. The maximum atomic E-state index is 14.6. The van der Waals surface area contributed by atoms with Gasteiger partial charge in [0.05, 0.1) is 24.1 Å². The van der Waals surface area contributed by atoms with E-state index in [1.54, 1.807) is 24.3 Å². The molecule has 36 heavy (non-hydrogen) atoms. The molecule has 3 aromatic rings. The standard InChI is InChI=1S/C29H24ClN3O3/c30-19-10-6-11-20(16-19)33-26(34)24-23-14-7-15-32(23)29(25(24)27(33)35)21-12-4-5-13-22(21)31(28(29)36)17-18-8-2-1-3-9-18/h1-6,8-13,16,23-25H,7,14-15,17H2/t23-,24+,25+,29-/m0/s1. The highest BCUT2D eigenvalue weighted by atomic mass is 35.5. The highest BCUT2D eigenvalue weighted by Crippen LogP contribution is 2.62. The summed E-state index contributed by atoms with van der Waals surface area (Å²) in [6, 6.07) is 24.3. The van der Waals surface area contributed by atoms with Gasteiger partial charge in [-0.05, 0) is 49.2 Å². The normalized spacial score (nSPS) is 28.8. The number of rotatable bonds is 3. The summed E-state index contributed by atoms with van der Waals surface area (Å²) >= 11 is 6.22. The van der Waals surface area contributed by atoms with E-state index in [2.05, 4.69) is 4.90 Å². The summed E-state index contributed by atoms with van der Waals surface area (Å²) in [5.74, 6) is -1.99. The molecule has 7 heteroatoms.